The summed E-state index contributed by atoms with van der Waals surface area (Å²) < 4.78 is 0. The monoisotopic (exact) mass is 375 g/mol. The quantitative estimate of drug-likeness (QED) is 0.356. The second kappa shape index (κ2) is 11.0. The molecule has 1 unspecified atom stereocenters. The molecule has 1 rings (SSSR count). The average Bonchev–Trinajstić information content (AvgIpc) is 2.64. The number of carbonyl (C=O) groups excluding carboxylic acids is 3. The van der Waals surface area contributed by atoms with Gasteiger partial charge in [-0.2, -0.15) is 0 Å². The highest BCUT2D eigenvalue weighted by atomic mass is 16.2. The number of nitrogens with one attached hydrogen (secondary N) is 3. The van der Waals surface area contributed by atoms with Crippen LogP contribution in [0.15, 0.2) is 37.0 Å². The predicted octanol–water partition coefficient (Wildman–Crippen LogP) is 0.764. The zero-order valence-corrected chi connectivity index (χ0v) is 16.1. The fraction of sp³-hybridized carbons (Fsp3) is 0.421. The van der Waals surface area contributed by atoms with Crippen molar-refractivity contribution in [3.05, 3.63) is 42.6 Å². The van der Waals surface area contributed by atoms with Crippen molar-refractivity contribution < 1.29 is 14.4 Å². The van der Waals surface area contributed by atoms with Gasteiger partial charge >= 0.3 is 0 Å². The molecule has 0 heterocycles. The molecule has 148 valence electrons. The Labute approximate surface area is 160 Å². The van der Waals surface area contributed by atoms with Crippen molar-refractivity contribution in [1.29, 1.82) is 0 Å². The molecular weight excluding hydrogens is 346 g/mol. The van der Waals surface area contributed by atoms with E-state index in [0.717, 1.165) is 11.4 Å². The molecule has 0 bridgehead atoms. The minimum Gasteiger partial charge on any atom is -0.345 e. The Morgan fingerprint density at radius 1 is 1.19 bits per heavy atom. The predicted molar refractivity (Wildman–Crippen MR) is 105 cm³/mol. The molecule has 0 aliphatic carbocycles. The van der Waals surface area contributed by atoms with Crippen LogP contribution >= 0.6 is 0 Å². The van der Waals surface area contributed by atoms with Crippen molar-refractivity contribution >= 4 is 23.4 Å². The Hall–Kier alpha value is -2.87. The SMILES string of the molecule is C=CN(N)CC(=O)NC(C(=O)NCC(=O)Nc1ccc(CC)cc1)C(C)C. The summed E-state index contributed by atoms with van der Waals surface area (Å²) in [5, 5.41) is 8.99. The van der Waals surface area contributed by atoms with Crippen molar-refractivity contribution in [1.82, 2.24) is 15.6 Å². The maximum Gasteiger partial charge on any atom is 0.243 e. The topological polar surface area (TPSA) is 117 Å². The molecule has 0 aliphatic heterocycles. The number of nitrogens with zero attached hydrogens (tertiary/aromatic N) is 1. The molecule has 5 N–H and O–H groups in total. The lowest BCUT2D eigenvalue weighted by atomic mass is 10.0. The van der Waals surface area contributed by atoms with E-state index in [1.54, 1.807) is 13.8 Å². The minimum atomic E-state index is -0.771. The lowest BCUT2D eigenvalue weighted by molar-refractivity contribution is -0.131. The van der Waals surface area contributed by atoms with E-state index in [9.17, 15) is 14.4 Å². The zero-order chi connectivity index (χ0) is 20.4. The third kappa shape index (κ3) is 7.91. The maximum atomic E-state index is 12.3. The van der Waals surface area contributed by atoms with Crippen LogP contribution in [-0.2, 0) is 20.8 Å². The minimum absolute atomic E-state index is 0.117. The fourth-order valence-electron chi connectivity index (χ4n) is 2.29. The van der Waals surface area contributed by atoms with Gasteiger partial charge in [-0.25, -0.2) is 5.84 Å². The third-order valence-corrected chi connectivity index (χ3v) is 3.90. The van der Waals surface area contributed by atoms with Gasteiger partial charge in [0.25, 0.3) is 0 Å². The summed E-state index contributed by atoms with van der Waals surface area (Å²) >= 11 is 0. The Morgan fingerprint density at radius 3 is 2.33 bits per heavy atom. The summed E-state index contributed by atoms with van der Waals surface area (Å²) in [6, 6.07) is 6.72. The molecule has 0 aliphatic rings. The second-order valence-corrected chi connectivity index (χ2v) is 6.46. The highest BCUT2D eigenvalue weighted by Gasteiger charge is 2.24. The average molecular weight is 375 g/mol. The van der Waals surface area contributed by atoms with Crippen LogP contribution in [0.1, 0.15) is 26.3 Å². The molecule has 8 heteroatoms. The van der Waals surface area contributed by atoms with Crippen LogP contribution in [0.3, 0.4) is 0 Å². The highest BCUT2D eigenvalue weighted by molar-refractivity contribution is 5.96. The second-order valence-electron chi connectivity index (χ2n) is 6.46. The lowest BCUT2D eigenvalue weighted by Crippen LogP contribution is -2.53. The van der Waals surface area contributed by atoms with Gasteiger partial charge in [0.2, 0.25) is 17.7 Å². The maximum absolute atomic E-state index is 12.3. The third-order valence-electron chi connectivity index (χ3n) is 3.90. The Balaban J connectivity index is 2.53. The Kier molecular flexibility index (Phi) is 9.01. The molecule has 0 aromatic heterocycles. The smallest absolute Gasteiger partial charge is 0.243 e. The first-order valence-electron chi connectivity index (χ1n) is 8.86. The number of carbonyl (C=O) groups is 3. The highest BCUT2D eigenvalue weighted by Crippen LogP contribution is 2.09. The van der Waals surface area contributed by atoms with Gasteiger partial charge in [0.1, 0.15) is 12.6 Å². The van der Waals surface area contributed by atoms with Gasteiger partial charge in [0, 0.05) is 11.9 Å². The van der Waals surface area contributed by atoms with Crippen LogP contribution in [-0.4, -0.2) is 41.9 Å². The number of benzene rings is 1. The molecule has 0 saturated carbocycles. The summed E-state index contributed by atoms with van der Waals surface area (Å²) in [5.41, 5.74) is 1.83. The number of aryl methyl sites for hydroxylation is 1. The molecule has 0 saturated heterocycles. The Morgan fingerprint density at radius 2 is 1.81 bits per heavy atom. The number of hydrogen-bond acceptors (Lipinski definition) is 5. The van der Waals surface area contributed by atoms with Crippen LogP contribution in [0.2, 0.25) is 0 Å². The summed E-state index contributed by atoms with van der Waals surface area (Å²) in [6.07, 6.45) is 2.22. The van der Waals surface area contributed by atoms with Gasteiger partial charge in [-0.05, 0) is 30.0 Å². The first-order chi connectivity index (χ1) is 12.8. The molecule has 0 radical (unpaired) electrons. The van der Waals surface area contributed by atoms with E-state index in [4.69, 9.17) is 5.84 Å². The standard InChI is InChI=1S/C19H29N5O3/c1-5-14-7-9-15(10-8-14)22-16(25)11-21-19(27)18(13(3)4)23-17(26)12-24(20)6-2/h6-10,13,18H,2,5,11-12,20H2,1,3-4H3,(H,21,27)(H,22,25)(H,23,26). The summed E-state index contributed by atoms with van der Waals surface area (Å²) in [7, 11) is 0. The normalized spacial score (nSPS) is 11.4. The van der Waals surface area contributed by atoms with E-state index >= 15 is 0 Å². The van der Waals surface area contributed by atoms with E-state index < -0.39 is 17.9 Å². The Bertz CT molecular complexity index is 658. The summed E-state index contributed by atoms with van der Waals surface area (Å²) in [5.74, 6) is 4.14. The van der Waals surface area contributed by atoms with Crippen LogP contribution < -0.4 is 21.8 Å². The van der Waals surface area contributed by atoms with Crippen LogP contribution in [0, 0.1) is 5.92 Å². The molecule has 0 fully saturated rings. The molecule has 27 heavy (non-hydrogen) atoms. The molecule has 1 aromatic rings. The van der Waals surface area contributed by atoms with Gasteiger partial charge in [0.15, 0.2) is 0 Å². The van der Waals surface area contributed by atoms with Crippen LogP contribution in [0.25, 0.3) is 0 Å². The van der Waals surface area contributed by atoms with E-state index in [1.165, 1.54) is 11.8 Å². The van der Waals surface area contributed by atoms with Gasteiger partial charge in [-0.3, -0.25) is 14.4 Å². The van der Waals surface area contributed by atoms with Crippen molar-refractivity contribution in [2.75, 3.05) is 18.4 Å². The van der Waals surface area contributed by atoms with Crippen molar-refractivity contribution in [2.24, 2.45) is 11.8 Å². The van der Waals surface area contributed by atoms with E-state index in [2.05, 4.69) is 29.5 Å². The molecule has 1 atom stereocenters. The molecule has 1 aromatic carbocycles. The number of hydrazine groups is 1. The summed E-state index contributed by atoms with van der Waals surface area (Å²) in [6.45, 7) is 8.79. The fourth-order valence-corrected chi connectivity index (χ4v) is 2.29. The number of hydrogen-bond donors (Lipinski definition) is 4. The van der Waals surface area contributed by atoms with Gasteiger partial charge < -0.3 is 21.0 Å². The molecular formula is C19H29N5O3. The van der Waals surface area contributed by atoms with Crippen molar-refractivity contribution in [3.63, 3.8) is 0 Å². The van der Waals surface area contributed by atoms with E-state index in [0.29, 0.717) is 5.69 Å². The van der Waals surface area contributed by atoms with Crippen LogP contribution in [0.5, 0.6) is 0 Å². The van der Waals surface area contributed by atoms with Gasteiger partial charge in [0.05, 0.1) is 6.54 Å². The number of anilines is 1. The molecule has 3 amide bonds. The number of nitrogens with two attached hydrogens (primary N) is 1. The molecule has 0 spiro atoms. The van der Waals surface area contributed by atoms with Crippen molar-refractivity contribution in [3.8, 4) is 0 Å². The molecule has 8 nitrogen and oxygen atoms in total. The van der Waals surface area contributed by atoms with E-state index in [-0.39, 0.29) is 24.9 Å². The largest absolute Gasteiger partial charge is 0.345 e. The van der Waals surface area contributed by atoms with E-state index in [1.807, 2.05) is 24.3 Å². The van der Waals surface area contributed by atoms with Crippen LogP contribution in [0.4, 0.5) is 5.69 Å². The van der Waals surface area contributed by atoms with Gasteiger partial charge in [-0.1, -0.05) is 39.5 Å². The van der Waals surface area contributed by atoms with Gasteiger partial charge in [-0.15, -0.1) is 0 Å². The lowest BCUT2D eigenvalue weighted by Gasteiger charge is -2.22. The number of rotatable bonds is 10. The van der Waals surface area contributed by atoms with Crippen molar-refractivity contribution in [2.45, 2.75) is 33.2 Å². The zero-order valence-electron chi connectivity index (χ0n) is 16.1. The number of amides is 3. The first-order valence-corrected chi connectivity index (χ1v) is 8.86. The summed E-state index contributed by atoms with van der Waals surface area (Å²) in [4.78, 5) is 36.3. The first kappa shape index (κ1) is 22.2.